The summed E-state index contributed by atoms with van der Waals surface area (Å²) < 4.78 is 13.1. The van der Waals surface area contributed by atoms with E-state index in [1.807, 2.05) is 38.9 Å². The molecule has 3 aromatic rings. The molecule has 1 atom stereocenters. The van der Waals surface area contributed by atoms with Gasteiger partial charge >= 0.3 is 6.09 Å². The summed E-state index contributed by atoms with van der Waals surface area (Å²) in [6, 6.07) is 6.44. The molecule has 2 aromatic heterocycles. The average Bonchev–Trinajstić information content (AvgIpc) is 3.53. The quantitative estimate of drug-likeness (QED) is 0.527. The fraction of sp³-hybridized carbons (Fsp3) is 0.500. The Kier molecular flexibility index (Phi) is 6.90. The first-order valence-corrected chi connectivity index (χ1v) is 13.0. The third-order valence-electron chi connectivity index (χ3n) is 7.06. The number of nitrogens with two attached hydrogens (primary N) is 1. The number of amides is 1. The SMILES string of the molecule is Cn1cc(-c2nc(-c3ccc(C4CCOCC4)c([C@@H]4CCCN4C(=O)OC(C)(C)C)c3)cnc2N)cn1. The van der Waals surface area contributed by atoms with Crippen molar-refractivity contribution in [3.8, 4) is 22.5 Å². The smallest absolute Gasteiger partial charge is 0.410 e. The van der Waals surface area contributed by atoms with E-state index in [0.717, 1.165) is 61.3 Å². The highest BCUT2D eigenvalue weighted by Gasteiger charge is 2.35. The average molecular weight is 505 g/mol. The van der Waals surface area contributed by atoms with Gasteiger partial charge in [0.1, 0.15) is 17.1 Å². The lowest BCUT2D eigenvalue weighted by Crippen LogP contribution is -2.36. The van der Waals surface area contributed by atoms with Crippen molar-refractivity contribution in [3.05, 3.63) is 47.9 Å². The van der Waals surface area contributed by atoms with E-state index >= 15 is 0 Å². The highest BCUT2D eigenvalue weighted by Crippen LogP contribution is 2.41. The van der Waals surface area contributed by atoms with Gasteiger partial charge in [0.15, 0.2) is 0 Å². The van der Waals surface area contributed by atoms with Crippen LogP contribution >= 0.6 is 0 Å². The fourth-order valence-corrected chi connectivity index (χ4v) is 5.33. The highest BCUT2D eigenvalue weighted by atomic mass is 16.6. The number of nitrogen functional groups attached to an aromatic ring is 1. The van der Waals surface area contributed by atoms with Gasteiger partial charge < -0.3 is 20.1 Å². The van der Waals surface area contributed by atoms with Gasteiger partial charge in [-0.3, -0.25) is 4.68 Å². The third kappa shape index (κ3) is 5.46. The van der Waals surface area contributed by atoms with E-state index in [1.54, 1.807) is 17.1 Å². The summed E-state index contributed by atoms with van der Waals surface area (Å²) in [5.74, 6) is 0.755. The van der Waals surface area contributed by atoms with E-state index in [4.69, 9.17) is 20.2 Å². The first-order chi connectivity index (χ1) is 17.7. The zero-order valence-electron chi connectivity index (χ0n) is 22.1. The molecule has 0 aliphatic carbocycles. The molecule has 9 heteroatoms. The molecule has 4 heterocycles. The Morgan fingerprint density at radius 2 is 1.89 bits per heavy atom. The Labute approximate surface area is 218 Å². The van der Waals surface area contributed by atoms with Gasteiger partial charge in [0.2, 0.25) is 0 Å². The topological polar surface area (TPSA) is 108 Å². The molecule has 1 amide bonds. The van der Waals surface area contributed by atoms with E-state index in [0.29, 0.717) is 24.0 Å². The Bertz CT molecular complexity index is 1280. The molecule has 2 aliphatic rings. The second kappa shape index (κ2) is 10.1. The Morgan fingerprint density at radius 3 is 2.59 bits per heavy atom. The molecule has 2 N–H and O–H groups in total. The molecule has 2 saturated heterocycles. The zero-order valence-corrected chi connectivity index (χ0v) is 22.1. The number of aromatic nitrogens is 4. The largest absolute Gasteiger partial charge is 0.444 e. The molecular weight excluding hydrogens is 468 g/mol. The molecule has 196 valence electrons. The van der Waals surface area contributed by atoms with Crippen molar-refractivity contribution in [1.82, 2.24) is 24.6 Å². The summed E-state index contributed by atoms with van der Waals surface area (Å²) >= 11 is 0. The number of carbonyl (C=O) groups excluding carboxylic acids is 1. The summed E-state index contributed by atoms with van der Waals surface area (Å²) in [5.41, 5.74) is 11.2. The maximum atomic E-state index is 13.2. The first kappa shape index (κ1) is 25.2. The van der Waals surface area contributed by atoms with Crippen molar-refractivity contribution in [3.63, 3.8) is 0 Å². The monoisotopic (exact) mass is 504 g/mol. The van der Waals surface area contributed by atoms with Gasteiger partial charge in [0.05, 0.1) is 24.1 Å². The standard InChI is InChI=1S/C28H36N6O3/c1-28(2,3)37-27(35)34-11-5-6-24(34)22-14-19(7-8-21(22)18-9-12-36-13-10-18)23-16-30-26(29)25(32-23)20-15-31-33(4)17-20/h7-8,14-18,24H,5-6,9-13H2,1-4H3,(H2,29,30)/t24-/m0/s1. The van der Waals surface area contributed by atoms with Crippen molar-refractivity contribution in [2.75, 3.05) is 25.5 Å². The number of nitrogens with zero attached hydrogens (tertiary/aromatic N) is 5. The van der Waals surface area contributed by atoms with Crippen LogP contribution in [-0.2, 0) is 16.5 Å². The number of anilines is 1. The van der Waals surface area contributed by atoms with Crippen molar-refractivity contribution >= 4 is 11.9 Å². The lowest BCUT2D eigenvalue weighted by Gasteiger charge is -2.32. The molecule has 9 nitrogen and oxygen atoms in total. The number of rotatable bonds is 4. The zero-order chi connectivity index (χ0) is 26.2. The van der Waals surface area contributed by atoms with Crippen LogP contribution in [0.25, 0.3) is 22.5 Å². The molecule has 5 rings (SSSR count). The van der Waals surface area contributed by atoms with Gasteiger partial charge in [-0.2, -0.15) is 5.10 Å². The van der Waals surface area contributed by atoms with E-state index in [2.05, 4.69) is 28.3 Å². The summed E-state index contributed by atoms with van der Waals surface area (Å²) in [4.78, 5) is 24.4. The Hall–Kier alpha value is -3.46. The predicted octanol–water partition coefficient (Wildman–Crippen LogP) is 5.09. The van der Waals surface area contributed by atoms with Crippen LogP contribution in [0.5, 0.6) is 0 Å². The number of likely N-dealkylation sites (tertiary alicyclic amines) is 1. The second-order valence-corrected chi connectivity index (χ2v) is 11.0. The number of carbonyl (C=O) groups is 1. The molecule has 2 fully saturated rings. The molecule has 0 radical (unpaired) electrons. The molecular formula is C28H36N6O3. The molecule has 37 heavy (non-hydrogen) atoms. The van der Waals surface area contributed by atoms with Gasteiger partial charge in [-0.25, -0.2) is 14.8 Å². The van der Waals surface area contributed by atoms with E-state index in [-0.39, 0.29) is 12.1 Å². The van der Waals surface area contributed by atoms with Crippen LogP contribution in [0, 0.1) is 0 Å². The number of aryl methyl sites for hydroxylation is 1. The summed E-state index contributed by atoms with van der Waals surface area (Å²) in [7, 11) is 1.86. The minimum Gasteiger partial charge on any atom is -0.444 e. The van der Waals surface area contributed by atoms with Gasteiger partial charge in [0, 0.05) is 44.1 Å². The third-order valence-corrected chi connectivity index (χ3v) is 7.06. The van der Waals surface area contributed by atoms with E-state index in [1.165, 1.54) is 5.56 Å². The number of benzene rings is 1. The fourth-order valence-electron chi connectivity index (χ4n) is 5.33. The number of hydrogen-bond donors (Lipinski definition) is 1. The molecule has 0 unspecified atom stereocenters. The lowest BCUT2D eigenvalue weighted by molar-refractivity contribution is 0.0222. The van der Waals surface area contributed by atoms with Crippen LogP contribution in [0.4, 0.5) is 10.6 Å². The Morgan fingerprint density at radius 1 is 1.11 bits per heavy atom. The molecule has 2 aliphatic heterocycles. The lowest BCUT2D eigenvalue weighted by atomic mass is 9.84. The molecule has 1 aromatic carbocycles. The summed E-state index contributed by atoms with van der Waals surface area (Å²) in [5, 5.41) is 4.25. The van der Waals surface area contributed by atoms with Crippen molar-refractivity contribution < 1.29 is 14.3 Å². The maximum Gasteiger partial charge on any atom is 0.410 e. The van der Waals surface area contributed by atoms with Crippen molar-refractivity contribution in [2.24, 2.45) is 7.05 Å². The van der Waals surface area contributed by atoms with Crippen LogP contribution < -0.4 is 5.73 Å². The van der Waals surface area contributed by atoms with Gasteiger partial charge in [0.25, 0.3) is 0 Å². The van der Waals surface area contributed by atoms with Crippen LogP contribution in [0.1, 0.15) is 69.5 Å². The first-order valence-electron chi connectivity index (χ1n) is 13.0. The molecule has 0 spiro atoms. The minimum absolute atomic E-state index is 0.0489. The van der Waals surface area contributed by atoms with Crippen LogP contribution in [0.15, 0.2) is 36.8 Å². The van der Waals surface area contributed by atoms with Crippen molar-refractivity contribution in [1.29, 1.82) is 0 Å². The van der Waals surface area contributed by atoms with Gasteiger partial charge in [-0.15, -0.1) is 0 Å². The summed E-state index contributed by atoms with van der Waals surface area (Å²) in [6.07, 6.45) is 8.84. The molecule has 0 saturated carbocycles. The van der Waals surface area contributed by atoms with Crippen molar-refractivity contribution in [2.45, 2.75) is 64.0 Å². The normalized spacial score (nSPS) is 18.8. The van der Waals surface area contributed by atoms with Gasteiger partial charge in [-0.05, 0) is 69.6 Å². The highest BCUT2D eigenvalue weighted by molar-refractivity contribution is 5.73. The maximum absolute atomic E-state index is 13.2. The van der Waals surface area contributed by atoms with Gasteiger partial charge in [-0.1, -0.05) is 12.1 Å². The predicted molar refractivity (Wildman–Crippen MR) is 142 cm³/mol. The number of ether oxygens (including phenoxy) is 2. The number of hydrogen-bond acceptors (Lipinski definition) is 7. The summed E-state index contributed by atoms with van der Waals surface area (Å²) in [6.45, 7) is 7.91. The second-order valence-electron chi connectivity index (χ2n) is 11.0. The Balaban J connectivity index is 1.56. The van der Waals surface area contributed by atoms with Crippen LogP contribution in [-0.4, -0.2) is 56.1 Å². The van der Waals surface area contributed by atoms with Crippen LogP contribution in [0.2, 0.25) is 0 Å². The minimum atomic E-state index is -0.544. The van der Waals surface area contributed by atoms with Crippen LogP contribution in [0.3, 0.4) is 0 Å². The molecule has 0 bridgehead atoms. The van der Waals surface area contributed by atoms with E-state index in [9.17, 15) is 4.79 Å². The van der Waals surface area contributed by atoms with E-state index < -0.39 is 5.60 Å².